The molecule has 0 aromatic heterocycles. The number of fused-ring (bicyclic) bond motifs is 1. The average Bonchev–Trinajstić information content (AvgIpc) is 2.54. The number of azo groups is 1. The van der Waals surface area contributed by atoms with Crippen molar-refractivity contribution in [3.63, 3.8) is 0 Å². The molecule has 0 spiro atoms. The Bertz CT molecular complexity index is 795. The Balaban J connectivity index is 2.00. The van der Waals surface area contributed by atoms with Crippen LogP contribution in [0, 0.1) is 0 Å². The molecule has 0 fully saturated rings. The minimum Gasteiger partial charge on any atom is -0.497 e. The summed E-state index contributed by atoms with van der Waals surface area (Å²) in [5.74, 6) is 0.790. The molecule has 0 atom stereocenters. The van der Waals surface area contributed by atoms with E-state index in [-0.39, 0.29) is 0 Å². The lowest BCUT2D eigenvalue weighted by molar-refractivity contribution is 0.415. The summed E-state index contributed by atoms with van der Waals surface area (Å²) in [6.07, 6.45) is 0. The van der Waals surface area contributed by atoms with Crippen LogP contribution in [0.3, 0.4) is 0 Å². The van der Waals surface area contributed by atoms with E-state index in [0.717, 1.165) is 22.2 Å². The first-order chi connectivity index (χ1) is 10.3. The van der Waals surface area contributed by atoms with Gasteiger partial charge in [0.2, 0.25) is 0 Å². The Kier molecular flexibility index (Phi) is 3.51. The van der Waals surface area contributed by atoms with Crippen molar-refractivity contribution < 1.29 is 4.74 Å². The second-order valence-electron chi connectivity index (χ2n) is 4.62. The minimum atomic E-state index is 0.617. The van der Waals surface area contributed by atoms with Gasteiger partial charge in [-0.2, -0.15) is 5.11 Å². The van der Waals surface area contributed by atoms with Gasteiger partial charge in [-0.25, -0.2) is 0 Å². The van der Waals surface area contributed by atoms with Crippen molar-refractivity contribution in [1.82, 2.24) is 0 Å². The zero-order chi connectivity index (χ0) is 14.7. The van der Waals surface area contributed by atoms with Crippen LogP contribution in [-0.2, 0) is 0 Å². The molecule has 3 aromatic rings. The molecule has 0 saturated carbocycles. The molecule has 104 valence electrons. The summed E-state index contributed by atoms with van der Waals surface area (Å²) >= 11 is 0. The summed E-state index contributed by atoms with van der Waals surface area (Å²) in [4.78, 5) is 0. The topological polar surface area (TPSA) is 60.0 Å². The van der Waals surface area contributed by atoms with E-state index >= 15 is 0 Å². The molecule has 0 bridgehead atoms. The maximum Gasteiger partial charge on any atom is 0.119 e. The van der Waals surface area contributed by atoms with E-state index in [1.165, 1.54) is 0 Å². The molecule has 3 aromatic carbocycles. The molecule has 0 aliphatic heterocycles. The molecule has 3 rings (SSSR count). The van der Waals surface area contributed by atoms with Gasteiger partial charge in [-0.3, -0.25) is 0 Å². The summed E-state index contributed by atoms with van der Waals surface area (Å²) in [7, 11) is 1.63. The van der Waals surface area contributed by atoms with Crippen molar-refractivity contribution in [2.75, 3.05) is 12.8 Å². The normalized spacial score (nSPS) is 11.1. The summed E-state index contributed by atoms with van der Waals surface area (Å²) in [6.45, 7) is 0. The maximum absolute atomic E-state index is 6.02. The Labute approximate surface area is 122 Å². The Morgan fingerprint density at radius 1 is 0.857 bits per heavy atom. The van der Waals surface area contributed by atoms with Gasteiger partial charge < -0.3 is 10.5 Å². The molecular formula is C17H15N3O. The summed E-state index contributed by atoms with van der Waals surface area (Å²) in [5, 5.41) is 10.7. The van der Waals surface area contributed by atoms with Crippen LogP contribution in [0.2, 0.25) is 0 Å². The van der Waals surface area contributed by atoms with Gasteiger partial charge in [0.15, 0.2) is 0 Å². The number of methoxy groups -OCH3 is 1. The van der Waals surface area contributed by atoms with E-state index < -0.39 is 0 Å². The highest BCUT2D eigenvalue weighted by Gasteiger charge is 2.04. The zero-order valence-corrected chi connectivity index (χ0v) is 11.7. The predicted molar refractivity (Wildman–Crippen MR) is 85.5 cm³/mol. The number of nitrogens with zero attached hydrogens (tertiary/aromatic N) is 2. The number of rotatable bonds is 3. The van der Waals surface area contributed by atoms with E-state index in [0.29, 0.717) is 11.4 Å². The van der Waals surface area contributed by atoms with Crippen molar-refractivity contribution in [3.8, 4) is 5.75 Å². The lowest BCUT2D eigenvalue weighted by Gasteiger charge is -2.04. The third-order valence-corrected chi connectivity index (χ3v) is 3.27. The van der Waals surface area contributed by atoms with Crippen molar-refractivity contribution in [3.05, 3.63) is 60.7 Å². The fourth-order valence-corrected chi connectivity index (χ4v) is 2.14. The van der Waals surface area contributed by atoms with E-state index in [4.69, 9.17) is 10.5 Å². The number of benzene rings is 3. The van der Waals surface area contributed by atoms with Gasteiger partial charge in [0.05, 0.1) is 18.5 Å². The molecule has 21 heavy (non-hydrogen) atoms. The SMILES string of the molecule is COc1ccc(N=Nc2c(N)ccc3ccccc23)cc1. The summed E-state index contributed by atoms with van der Waals surface area (Å²) in [6, 6.07) is 19.2. The number of ether oxygens (including phenoxy) is 1. The third-order valence-electron chi connectivity index (χ3n) is 3.27. The fraction of sp³-hybridized carbons (Fsp3) is 0.0588. The van der Waals surface area contributed by atoms with E-state index in [1.54, 1.807) is 7.11 Å². The van der Waals surface area contributed by atoms with Crippen LogP contribution in [0.4, 0.5) is 17.1 Å². The molecule has 0 aliphatic carbocycles. The third kappa shape index (κ3) is 2.69. The van der Waals surface area contributed by atoms with Crippen LogP contribution in [0.15, 0.2) is 70.9 Å². The standard InChI is InChI=1S/C17H15N3O/c1-21-14-9-7-13(8-10-14)19-20-17-15-5-3-2-4-12(15)6-11-16(17)18/h2-11H,18H2,1H3. The number of hydrogen-bond acceptors (Lipinski definition) is 4. The number of nitrogens with two attached hydrogens (primary N) is 1. The smallest absolute Gasteiger partial charge is 0.119 e. The van der Waals surface area contributed by atoms with Crippen molar-refractivity contribution in [2.45, 2.75) is 0 Å². The Hall–Kier alpha value is -2.88. The highest BCUT2D eigenvalue weighted by molar-refractivity contribution is 5.97. The summed E-state index contributed by atoms with van der Waals surface area (Å²) < 4.78 is 5.12. The molecule has 0 saturated heterocycles. The molecule has 0 amide bonds. The molecule has 4 heteroatoms. The van der Waals surface area contributed by atoms with Crippen molar-refractivity contribution in [2.24, 2.45) is 10.2 Å². The first kappa shape index (κ1) is 13.1. The van der Waals surface area contributed by atoms with Gasteiger partial charge >= 0.3 is 0 Å². The van der Waals surface area contributed by atoms with Crippen LogP contribution >= 0.6 is 0 Å². The summed E-state index contributed by atoms with van der Waals surface area (Å²) in [5.41, 5.74) is 8.09. The Morgan fingerprint density at radius 3 is 2.38 bits per heavy atom. The van der Waals surface area contributed by atoms with Crippen LogP contribution in [0.25, 0.3) is 10.8 Å². The maximum atomic E-state index is 6.02. The van der Waals surface area contributed by atoms with Gasteiger partial charge in [-0.05, 0) is 35.7 Å². The highest BCUT2D eigenvalue weighted by atomic mass is 16.5. The Morgan fingerprint density at radius 2 is 1.62 bits per heavy atom. The minimum absolute atomic E-state index is 0.617. The largest absolute Gasteiger partial charge is 0.497 e. The molecule has 2 N–H and O–H groups in total. The van der Waals surface area contributed by atoms with Crippen LogP contribution in [0.1, 0.15) is 0 Å². The van der Waals surface area contributed by atoms with Crippen molar-refractivity contribution in [1.29, 1.82) is 0 Å². The zero-order valence-electron chi connectivity index (χ0n) is 11.7. The lowest BCUT2D eigenvalue weighted by atomic mass is 10.1. The second-order valence-corrected chi connectivity index (χ2v) is 4.62. The first-order valence-corrected chi connectivity index (χ1v) is 6.61. The average molecular weight is 277 g/mol. The first-order valence-electron chi connectivity index (χ1n) is 6.61. The van der Waals surface area contributed by atoms with E-state index in [9.17, 15) is 0 Å². The number of anilines is 1. The van der Waals surface area contributed by atoms with Gasteiger partial charge in [0, 0.05) is 5.39 Å². The molecule has 0 aliphatic rings. The van der Waals surface area contributed by atoms with Gasteiger partial charge in [-0.15, -0.1) is 5.11 Å². The van der Waals surface area contributed by atoms with E-state index in [2.05, 4.69) is 10.2 Å². The van der Waals surface area contributed by atoms with Gasteiger partial charge in [-0.1, -0.05) is 30.3 Å². The quantitative estimate of drug-likeness (QED) is 0.549. The van der Waals surface area contributed by atoms with Gasteiger partial charge in [0.1, 0.15) is 11.4 Å². The lowest BCUT2D eigenvalue weighted by Crippen LogP contribution is -1.85. The highest BCUT2D eigenvalue weighted by Crippen LogP contribution is 2.33. The van der Waals surface area contributed by atoms with E-state index in [1.807, 2.05) is 60.7 Å². The number of hydrogen-bond donors (Lipinski definition) is 1. The van der Waals surface area contributed by atoms with Crippen LogP contribution in [0.5, 0.6) is 5.75 Å². The van der Waals surface area contributed by atoms with Gasteiger partial charge in [0.25, 0.3) is 0 Å². The molecule has 0 radical (unpaired) electrons. The monoisotopic (exact) mass is 277 g/mol. The predicted octanol–water partition coefficient (Wildman–Crippen LogP) is 4.85. The molecule has 0 unspecified atom stereocenters. The fourth-order valence-electron chi connectivity index (χ4n) is 2.14. The molecular weight excluding hydrogens is 262 g/mol. The molecule has 0 heterocycles. The van der Waals surface area contributed by atoms with Crippen LogP contribution < -0.4 is 10.5 Å². The van der Waals surface area contributed by atoms with Crippen LogP contribution in [-0.4, -0.2) is 7.11 Å². The molecule has 4 nitrogen and oxygen atoms in total. The number of nitrogen functional groups attached to an aromatic ring is 1. The second kappa shape index (κ2) is 5.63. The van der Waals surface area contributed by atoms with Crippen molar-refractivity contribution >= 4 is 27.8 Å².